The lowest BCUT2D eigenvalue weighted by Gasteiger charge is -2.49. The number of aliphatic hydroxyl groups excluding tert-OH is 21. The number of rotatable bonds is 54. The van der Waals surface area contributed by atoms with Gasteiger partial charge < -0.3 is 248 Å². The summed E-state index contributed by atoms with van der Waals surface area (Å²) in [6, 6.07) is -13.6. The Hall–Kier alpha value is -4.18. The van der Waals surface area contributed by atoms with Crippen molar-refractivity contribution in [2.24, 2.45) is 77.3 Å². The van der Waals surface area contributed by atoms with Gasteiger partial charge in [-0.1, -0.05) is 0 Å². The molecule has 47 N–H and O–H groups in total. The smallest absolute Gasteiger partial charge is 0.185 e. The number of halogens is 2. The lowest BCUT2D eigenvalue weighted by molar-refractivity contribution is -0.408. The number of alkyl halides is 2. The molecule has 8 rings (SSSR count). The molecule has 3 saturated carbocycles. The predicted octanol–water partition coefficient (Wildman–Crippen LogP) is -18.9. The number of hydrogen-bond acceptors (Lipinski definition) is 52. The van der Waals surface area contributed by atoms with Crippen molar-refractivity contribution in [1.82, 2.24) is 26.6 Å². The van der Waals surface area contributed by atoms with Gasteiger partial charge in [-0.3, -0.25) is 20.0 Å². The van der Waals surface area contributed by atoms with Gasteiger partial charge in [-0.2, -0.15) is 0 Å². The minimum absolute atomic E-state index is 0.0128. The van der Waals surface area contributed by atoms with E-state index < -0.39 is 356 Å². The average molecular weight is 2040 g/mol. The topological polar surface area (TPSA) is 953 Å². The number of aliphatic imine (C=N–C) groups is 4. The van der Waals surface area contributed by atoms with E-state index in [2.05, 4.69) is 46.6 Å². The first-order chi connectivity index (χ1) is 66.0. The summed E-state index contributed by atoms with van der Waals surface area (Å²) in [5.74, 6) is -2.73. The molecule has 5 aliphatic heterocycles. The van der Waals surface area contributed by atoms with Crippen molar-refractivity contribution in [3.8, 4) is 0 Å². The van der Waals surface area contributed by atoms with Crippen molar-refractivity contribution < 1.29 is 193 Å². The van der Waals surface area contributed by atoms with E-state index in [0.717, 1.165) is 0 Å². The van der Waals surface area contributed by atoms with Crippen molar-refractivity contribution in [3.05, 3.63) is 0 Å². The zero-order chi connectivity index (χ0) is 104. The summed E-state index contributed by atoms with van der Waals surface area (Å²) in [4.78, 5) is 39.1. The Balaban J connectivity index is 0.921. The Bertz CT molecular complexity index is 3750. The second-order valence-corrected chi connectivity index (χ2v) is 38.0. The minimum atomic E-state index is -2.43. The van der Waals surface area contributed by atoms with E-state index in [0.29, 0.717) is 32.2 Å². The molecular weight excluding hydrogens is 1880 g/mol. The van der Waals surface area contributed by atoms with Crippen LogP contribution in [-0.4, -0.2) is 541 Å². The molecule has 8 aliphatic rings. The molecule has 0 aromatic heterocycles. The van der Waals surface area contributed by atoms with E-state index in [-0.39, 0.29) is 77.3 Å². The minimum Gasteiger partial charge on any atom is -0.395 e. The fourth-order valence-electron chi connectivity index (χ4n) is 18.3. The number of nitrogens with zero attached hydrogens (tertiary/aromatic N) is 4. The lowest BCUT2D eigenvalue weighted by Crippen LogP contribution is -2.68. The van der Waals surface area contributed by atoms with Crippen LogP contribution in [0.2, 0.25) is 0 Å². The van der Waals surface area contributed by atoms with E-state index >= 15 is 0 Å². The van der Waals surface area contributed by atoms with Crippen LogP contribution in [0.1, 0.15) is 85.5 Å². The van der Waals surface area contributed by atoms with Crippen LogP contribution in [0.4, 0.5) is 8.78 Å². The Morgan fingerprint density at radius 3 is 1.20 bits per heavy atom. The number of ether oxygens (including phenoxy) is 11. The highest BCUT2D eigenvalue weighted by Gasteiger charge is 2.59. The Kier molecular flexibility index (Phi) is 48.3. The van der Waals surface area contributed by atoms with Gasteiger partial charge in [0.25, 0.3) is 0 Å². The number of amidine groups is 4. The summed E-state index contributed by atoms with van der Waals surface area (Å²) in [7, 11) is 4.24. The number of nitrogens with two attached hydrogens (primary N) is 10. The fraction of sp³-hybridized carbons (Fsp3) is 0.951. The maximum absolute atomic E-state index is 13.1. The monoisotopic (exact) mass is 2040 g/mol. The van der Waals surface area contributed by atoms with Crippen LogP contribution in [-0.2, 0) is 71.7 Å². The first kappa shape index (κ1) is 121. The summed E-state index contributed by atoms with van der Waals surface area (Å²) in [5, 5.41) is 261. The highest BCUT2D eigenvalue weighted by molar-refractivity contribution is 5.86. The third-order valence-electron chi connectivity index (χ3n) is 26.8. The van der Waals surface area contributed by atoms with Crippen LogP contribution in [0.3, 0.4) is 0 Å². The van der Waals surface area contributed by atoms with Crippen LogP contribution >= 0.6 is 0 Å². The summed E-state index contributed by atoms with van der Waals surface area (Å²) < 4.78 is 93.9. The molecule has 0 radical (unpaired) electrons. The number of aliphatic hydroxyl groups is 22. The number of nitrogens with one attached hydrogen (secondary N) is 5. The van der Waals surface area contributed by atoms with Crippen LogP contribution in [0.15, 0.2) is 20.0 Å². The maximum atomic E-state index is 13.1. The van der Waals surface area contributed by atoms with Gasteiger partial charge in [0.15, 0.2) is 31.5 Å². The molecule has 5 heterocycles. The second-order valence-electron chi connectivity index (χ2n) is 38.0. The third-order valence-corrected chi connectivity index (χ3v) is 26.8. The molecule has 3 aliphatic carbocycles. The van der Waals surface area contributed by atoms with Crippen molar-refractivity contribution in [2.75, 3.05) is 113 Å². The molecule has 5 saturated heterocycles. The van der Waals surface area contributed by atoms with E-state index in [4.69, 9.17) is 129 Å². The molecule has 0 amide bonds. The van der Waals surface area contributed by atoms with Gasteiger partial charge in [0.1, 0.15) is 213 Å². The molecule has 8 fully saturated rings. The number of likely N-dealkylation sites (N-methyl/N-ethyl adjacent to an activating group) is 3. The molecule has 58 heteroatoms. The van der Waals surface area contributed by atoms with E-state index in [9.17, 15) is 121 Å². The Morgan fingerprint density at radius 1 is 0.457 bits per heavy atom. The molecule has 0 aromatic carbocycles. The van der Waals surface area contributed by atoms with Gasteiger partial charge in [-0.25, -0.2) is 28.3 Å². The van der Waals surface area contributed by atoms with Crippen molar-refractivity contribution in [1.29, 1.82) is 0 Å². The first-order valence-electron chi connectivity index (χ1n) is 47.0. The van der Waals surface area contributed by atoms with E-state index in [1.165, 1.54) is 41.9 Å². The highest BCUT2D eigenvalue weighted by atomic mass is 19.1. The van der Waals surface area contributed by atoms with Gasteiger partial charge in [0.2, 0.25) is 0 Å². The van der Waals surface area contributed by atoms with Crippen LogP contribution < -0.4 is 83.9 Å². The fourth-order valence-corrected chi connectivity index (χ4v) is 18.3. The standard InChI is InChI=1S/C82H159F2N19O37/c1-31(35(85)11-8-32(106)22-100-47(91)21-84)131-63-38(88)18-41(101-72(92)54(116)51(113)48(110)44(107)25-105)66(57(63)119)137-78-61(123)70(96-6)81(3,29-127-78)139-129-26-46(109)50(112)53(115)56(118)74(94)103-43-20-40(90)65(134-75-36(86)12-9-33(132-75)23-98-15-14-83)59(121)68(43)138-79-62(124)71(97-7)82(4,30-128-79)140-130-27-45(108)49(111)52(114)55(117)73(93)102-42-19-39(89)64(135-76-37(87)13-10-34(133-76)24-99-16-17-104)58(120)67(42)136-77-60(122)69(95-5)80(2,125)28-126-77/h31-46,48-71,75-79,95-99,104-125H,8-30,85-90H2,1-7H3,(H2,91,100)(H2,92,101)(H2,93,102)(H2,94,103). The molecule has 48 unspecified atom stereocenters. The molecule has 0 spiro atoms. The molecule has 140 heavy (non-hydrogen) atoms. The molecule has 48 atom stereocenters. The highest BCUT2D eigenvalue weighted by Crippen LogP contribution is 2.40. The van der Waals surface area contributed by atoms with Gasteiger partial charge in [-0.05, 0) is 107 Å². The second kappa shape index (κ2) is 55.9. The van der Waals surface area contributed by atoms with Gasteiger partial charge in [0, 0.05) is 50.3 Å². The van der Waals surface area contributed by atoms with Crippen molar-refractivity contribution in [3.63, 3.8) is 0 Å². The van der Waals surface area contributed by atoms with Crippen molar-refractivity contribution in [2.45, 2.75) is 377 Å². The van der Waals surface area contributed by atoms with Crippen molar-refractivity contribution >= 4 is 23.3 Å². The van der Waals surface area contributed by atoms with Gasteiger partial charge in [-0.15, -0.1) is 0 Å². The predicted molar refractivity (Wildman–Crippen MR) is 483 cm³/mol. The third kappa shape index (κ3) is 31.5. The molecule has 56 nitrogen and oxygen atoms in total. The SMILES string of the molecule is CNC1C(O)C(OC2C(N=C(N)C(O)C(O)C(O)C(O)COOC3(C)COC(OC4C(N=C(N)C(O)C(O)C(O)C(O)COOC5(C)COC(OC6C(N=C(N)C(O)C(O)C(O)C(O)CO)CC(N)C(OC(C)C(N)CCC(O)CN=C(N)CF)C6O)C(O)C5NC)CC(N)C(OC5OC(CNCCF)CCC5N)C4O)C(O)C3NC)CC(N)C(OC3OC(CNCCO)CCC3N)C2O)OCC1(C)O. The molecule has 818 valence electrons. The average Bonchev–Trinajstić information content (AvgIpc) is 0.776. The van der Waals surface area contributed by atoms with Gasteiger partial charge in [0.05, 0.1) is 112 Å². The maximum Gasteiger partial charge on any atom is 0.185 e. The Labute approximate surface area is 807 Å². The molecule has 0 aromatic rings. The largest absolute Gasteiger partial charge is 0.395 e. The van der Waals surface area contributed by atoms with E-state index in [1.54, 1.807) is 6.92 Å². The Morgan fingerprint density at radius 2 is 0.821 bits per heavy atom. The zero-order valence-electron chi connectivity index (χ0n) is 79.5. The summed E-state index contributed by atoms with van der Waals surface area (Å²) in [6.45, 7) is -0.0586. The lowest BCUT2D eigenvalue weighted by atomic mass is 9.83. The number of hydrogen-bond donors (Lipinski definition) is 37. The van der Waals surface area contributed by atoms with Crippen LogP contribution in [0, 0.1) is 0 Å². The van der Waals surface area contributed by atoms with E-state index in [1.807, 2.05) is 0 Å². The summed E-state index contributed by atoms with van der Waals surface area (Å²) in [6.07, 6.45) is -56.1. The quantitative estimate of drug-likeness (QED) is 0.00884. The first-order valence-corrected chi connectivity index (χ1v) is 47.0. The van der Waals surface area contributed by atoms with Gasteiger partial charge >= 0.3 is 0 Å². The zero-order valence-corrected chi connectivity index (χ0v) is 79.5. The van der Waals surface area contributed by atoms with Crippen LogP contribution in [0.25, 0.3) is 0 Å². The summed E-state index contributed by atoms with van der Waals surface area (Å²) in [5.41, 5.74) is 58.6. The summed E-state index contributed by atoms with van der Waals surface area (Å²) >= 11 is 0. The molecule has 0 bridgehead atoms. The van der Waals surface area contributed by atoms with Crippen LogP contribution in [0.5, 0.6) is 0 Å². The normalized spacial score (nSPS) is 40.4. The molecular formula is C82H159F2N19O37.